The molecule has 0 rings (SSSR count). The van der Waals surface area contributed by atoms with E-state index in [1.54, 1.807) is 6.92 Å². The average Bonchev–Trinajstić information content (AvgIpc) is 2.02. The molecule has 0 spiro atoms. The summed E-state index contributed by atoms with van der Waals surface area (Å²) in [4.78, 5) is 0. The molecule has 0 radical (unpaired) electrons. The molecule has 0 aliphatic rings. The zero-order valence-electron chi connectivity index (χ0n) is 10.2. The number of rotatable bonds is 7. The molecule has 1 heteroatoms. The first-order chi connectivity index (χ1) is 6.52. The van der Waals surface area contributed by atoms with Crippen LogP contribution in [0.15, 0.2) is 12.2 Å². The van der Waals surface area contributed by atoms with Crippen molar-refractivity contribution in [1.29, 1.82) is 0 Å². The van der Waals surface area contributed by atoms with Gasteiger partial charge in [0.25, 0.3) is 0 Å². The third kappa shape index (κ3) is 9.79. The van der Waals surface area contributed by atoms with Crippen LogP contribution in [0, 0.1) is 11.8 Å². The Labute approximate surface area is 89.2 Å². The number of hydrogen-bond acceptors (Lipinski definition) is 1. The Hall–Kier alpha value is -0.300. The Morgan fingerprint density at radius 2 is 1.71 bits per heavy atom. The molecule has 0 aliphatic heterocycles. The van der Waals surface area contributed by atoms with Crippen LogP contribution in [0.25, 0.3) is 0 Å². The molecule has 0 bridgehead atoms. The summed E-state index contributed by atoms with van der Waals surface area (Å²) in [6.07, 6.45) is 8.76. The van der Waals surface area contributed by atoms with E-state index < -0.39 is 0 Å². The van der Waals surface area contributed by atoms with Crippen LogP contribution < -0.4 is 0 Å². The monoisotopic (exact) mass is 198 g/mol. The Balaban J connectivity index is 3.41. The summed E-state index contributed by atoms with van der Waals surface area (Å²) in [5.74, 6) is 1.58. The fourth-order valence-electron chi connectivity index (χ4n) is 1.50. The fraction of sp³-hybridized carbons (Fsp3) is 0.846. The highest BCUT2D eigenvalue weighted by molar-refractivity contribution is 4.87. The van der Waals surface area contributed by atoms with Gasteiger partial charge >= 0.3 is 0 Å². The molecule has 0 heterocycles. The van der Waals surface area contributed by atoms with E-state index in [-0.39, 0.29) is 6.10 Å². The summed E-state index contributed by atoms with van der Waals surface area (Å²) in [6.45, 7) is 8.63. The number of allylic oxidation sites excluding steroid dienone is 1. The predicted octanol–water partition coefficient (Wildman–Crippen LogP) is 3.78. The smallest absolute Gasteiger partial charge is 0.0692 e. The van der Waals surface area contributed by atoms with Gasteiger partial charge in [-0.05, 0) is 25.2 Å². The van der Waals surface area contributed by atoms with Gasteiger partial charge in [-0.25, -0.2) is 0 Å². The van der Waals surface area contributed by atoms with E-state index in [0.717, 1.165) is 18.3 Å². The Morgan fingerprint density at radius 1 is 1.07 bits per heavy atom. The lowest BCUT2D eigenvalue weighted by molar-refractivity contribution is 0.243. The maximum absolute atomic E-state index is 9.03. The van der Waals surface area contributed by atoms with Crippen molar-refractivity contribution in [2.45, 2.75) is 59.5 Å². The number of hydrogen-bond donors (Lipinski definition) is 1. The zero-order chi connectivity index (χ0) is 11.0. The van der Waals surface area contributed by atoms with E-state index in [0.29, 0.717) is 0 Å². The lowest BCUT2D eigenvalue weighted by Gasteiger charge is -2.09. The number of aliphatic hydroxyl groups excluding tert-OH is 1. The third-order valence-electron chi connectivity index (χ3n) is 2.43. The van der Waals surface area contributed by atoms with Crippen LogP contribution in [0.2, 0.25) is 0 Å². The third-order valence-corrected chi connectivity index (χ3v) is 2.43. The van der Waals surface area contributed by atoms with Crippen molar-refractivity contribution in [2.75, 3.05) is 0 Å². The predicted molar refractivity (Wildman–Crippen MR) is 63.3 cm³/mol. The van der Waals surface area contributed by atoms with Gasteiger partial charge in [-0.2, -0.15) is 0 Å². The average molecular weight is 198 g/mol. The van der Waals surface area contributed by atoms with Gasteiger partial charge in [0.1, 0.15) is 0 Å². The first-order valence-electron chi connectivity index (χ1n) is 5.87. The Morgan fingerprint density at radius 3 is 2.21 bits per heavy atom. The van der Waals surface area contributed by atoms with Gasteiger partial charge in [-0.15, -0.1) is 0 Å². The van der Waals surface area contributed by atoms with Crippen LogP contribution >= 0.6 is 0 Å². The van der Waals surface area contributed by atoms with Crippen LogP contribution in [0.5, 0.6) is 0 Å². The molecule has 84 valence electrons. The lowest BCUT2D eigenvalue weighted by atomic mass is 9.97. The quantitative estimate of drug-likeness (QED) is 0.617. The fourth-order valence-corrected chi connectivity index (χ4v) is 1.50. The molecule has 0 aromatic carbocycles. The number of aliphatic hydroxyl groups is 1. The minimum Gasteiger partial charge on any atom is -0.389 e. The van der Waals surface area contributed by atoms with Gasteiger partial charge in [-0.1, -0.05) is 52.2 Å². The van der Waals surface area contributed by atoms with Crippen LogP contribution in [-0.4, -0.2) is 11.2 Å². The second-order valence-corrected chi connectivity index (χ2v) is 4.83. The van der Waals surface area contributed by atoms with Gasteiger partial charge in [0, 0.05) is 0 Å². The molecular weight excluding hydrogens is 172 g/mol. The molecule has 0 aromatic heterocycles. The standard InChI is InChI=1S/C13H26O/c1-11(2)7-5-8-12(3)9-6-10-13(4)14/h6,10-14H,5,7-9H2,1-4H3/b10-6+/t12-,13?/m1/s1. The summed E-state index contributed by atoms with van der Waals surface area (Å²) in [6, 6.07) is 0. The minimum atomic E-state index is -0.294. The van der Waals surface area contributed by atoms with E-state index in [1.807, 2.05) is 6.08 Å². The summed E-state index contributed by atoms with van der Waals surface area (Å²) in [5, 5.41) is 9.03. The molecule has 0 aromatic rings. The van der Waals surface area contributed by atoms with E-state index in [4.69, 9.17) is 5.11 Å². The van der Waals surface area contributed by atoms with E-state index in [2.05, 4.69) is 26.8 Å². The van der Waals surface area contributed by atoms with Crippen molar-refractivity contribution in [2.24, 2.45) is 11.8 Å². The van der Waals surface area contributed by atoms with Crippen LogP contribution in [0.3, 0.4) is 0 Å². The molecule has 0 fully saturated rings. The van der Waals surface area contributed by atoms with Crippen molar-refractivity contribution in [1.82, 2.24) is 0 Å². The zero-order valence-corrected chi connectivity index (χ0v) is 10.2. The van der Waals surface area contributed by atoms with Crippen LogP contribution in [-0.2, 0) is 0 Å². The van der Waals surface area contributed by atoms with E-state index in [9.17, 15) is 0 Å². The highest BCUT2D eigenvalue weighted by atomic mass is 16.3. The molecule has 1 nitrogen and oxygen atoms in total. The Kier molecular flexibility index (Phi) is 7.87. The SMILES string of the molecule is CC(O)/C=C/C[C@H](C)CCCC(C)C. The Bertz CT molecular complexity index is 147. The van der Waals surface area contributed by atoms with Gasteiger partial charge in [-0.3, -0.25) is 0 Å². The molecule has 0 saturated heterocycles. The van der Waals surface area contributed by atoms with Crippen molar-refractivity contribution in [3.05, 3.63) is 12.2 Å². The normalized spacial score (nSPS) is 16.4. The molecule has 0 aliphatic carbocycles. The van der Waals surface area contributed by atoms with Gasteiger partial charge in [0.15, 0.2) is 0 Å². The summed E-state index contributed by atoms with van der Waals surface area (Å²) in [7, 11) is 0. The maximum Gasteiger partial charge on any atom is 0.0692 e. The minimum absolute atomic E-state index is 0.294. The van der Waals surface area contributed by atoms with Crippen molar-refractivity contribution in [3.8, 4) is 0 Å². The molecule has 2 atom stereocenters. The molecule has 1 N–H and O–H groups in total. The highest BCUT2D eigenvalue weighted by Gasteiger charge is 2.01. The van der Waals surface area contributed by atoms with Crippen LogP contribution in [0.1, 0.15) is 53.4 Å². The van der Waals surface area contributed by atoms with Crippen molar-refractivity contribution < 1.29 is 5.11 Å². The van der Waals surface area contributed by atoms with Gasteiger partial charge in [0.05, 0.1) is 6.10 Å². The molecule has 0 saturated carbocycles. The molecule has 14 heavy (non-hydrogen) atoms. The van der Waals surface area contributed by atoms with Crippen LogP contribution in [0.4, 0.5) is 0 Å². The largest absolute Gasteiger partial charge is 0.389 e. The highest BCUT2D eigenvalue weighted by Crippen LogP contribution is 2.15. The van der Waals surface area contributed by atoms with E-state index >= 15 is 0 Å². The second kappa shape index (κ2) is 8.05. The molecular formula is C13H26O. The lowest BCUT2D eigenvalue weighted by Crippen LogP contribution is -1.97. The van der Waals surface area contributed by atoms with Gasteiger partial charge in [0.2, 0.25) is 0 Å². The maximum atomic E-state index is 9.03. The topological polar surface area (TPSA) is 20.2 Å². The molecule has 0 amide bonds. The van der Waals surface area contributed by atoms with E-state index in [1.165, 1.54) is 19.3 Å². The second-order valence-electron chi connectivity index (χ2n) is 4.83. The van der Waals surface area contributed by atoms with Crippen molar-refractivity contribution in [3.63, 3.8) is 0 Å². The summed E-state index contributed by atoms with van der Waals surface area (Å²) in [5.41, 5.74) is 0. The first-order valence-corrected chi connectivity index (χ1v) is 5.87. The summed E-state index contributed by atoms with van der Waals surface area (Å²) < 4.78 is 0. The molecule has 1 unspecified atom stereocenters. The first kappa shape index (κ1) is 13.7. The van der Waals surface area contributed by atoms with Crippen molar-refractivity contribution >= 4 is 0 Å². The van der Waals surface area contributed by atoms with Gasteiger partial charge < -0.3 is 5.11 Å². The summed E-state index contributed by atoms with van der Waals surface area (Å²) >= 11 is 0.